The number of epoxide rings is 1. The molecule has 0 aromatic heterocycles. The fraction of sp³-hybridized carbons (Fsp3) is 0.438. The average molecular weight is 597 g/mol. The molecule has 2 heterocycles. The van der Waals surface area contributed by atoms with Crippen molar-refractivity contribution in [3.05, 3.63) is 46.6 Å². The summed E-state index contributed by atoms with van der Waals surface area (Å²) in [4.78, 5) is 26.6. The van der Waals surface area contributed by atoms with E-state index in [1.807, 2.05) is 6.92 Å². The highest BCUT2D eigenvalue weighted by molar-refractivity contribution is 5.92. The molecule has 11 nitrogen and oxygen atoms in total. The van der Waals surface area contributed by atoms with Gasteiger partial charge in [-0.05, 0) is 39.8 Å². The molecule has 2 aromatic carbocycles. The highest BCUT2D eigenvalue weighted by Crippen LogP contribution is 2.63. The molecule has 0 bridgehead atoms. The Morgan fingerprint density at radius 3 is 2.09 bits per heavy atom. The fourth-order valence-corrected chi connectivity index (χ4v) is 5.67. The van der Waals surface area contributed by atoms with E-state index in [1.165, 1.54) is 21.3 Å². The number of hydrogen-bond donors (Lipinski definition) is 1. The Morgan fingerprint density at radius 1 is 0.907 bits per heavy atom. The minimum absolute atomic E-state index is 0.0410. The fourth-order valence-electron chi connectivity index (χ4n) is 5.67. The number of carbonyl (C=O) groups excluding carboxylic acids is 2. The number of allylic oxidation sites excluding steroid dienone is 2. The summed E-state index contributed by atoms with van der Waals surface area (Å²) in [6.07, 6.45) is 1.26. The first-order valence-corrected chi connectivity index (χ1v) is 13.9. The number of hydrogen-bond acceptors (Lipinski definition) is 11. The smallest absolute Gasteiger partial charge is 0.334 e. The first kappa shape index (κ1) is 30.1. The number of methoxy groups -OCH3 is 3. The van der Waals surface area contributed by atoms with Gasteiger partial charge in [-0.3, -0.25) is 0 Å². The van der Waals surface area contributed by atoms with Crippen LogP contribution in [0.25, 0.3) is 11.1 Å². The Bertz CT molecular complexity index is 1530. The maximum absolute atomic E-state index is 13.3. The number of carbonyl (C=O) groups is 2. The second-order valence-electron chi connectivity index (χ2n) is 10.6. The van der Waals surface area contributed by atoms with Crippen LogP contribution in [0.3, 0.4) is 0 Å². The van der Waals surface area contributed by atoms with Gasteiger partial charge in [0.15, 0.2) is 29.1 Å². The van der Waals surface area contributed by atoms with Crippen molar-refractivity contribution < 1.29 is 52.6 Å². The summed E-state index contributed by atoms with van der Waals surface area (Å²) in [5.41, 5.74) is 1.05. The van der Waals surface area contributed by atoms with Gasteiger partial charge in [-0.2, -0.15) is 0 Å². The number of aromatic hydroxyl groups is 1. The zero-order valence-corrected chi connectivity index (χ0v) is 25.5. The molecule has 1 fully saturated rings. The number of phenols is 1. The van der Waals surface area contributed by atoms with Crippen molar-refractivity contribution in [2.24, 2.45) is 5.92 Å². The van der Waals surface area contributed by atoms with E-state index in [2.05, 4.69) is 0 Å². The lowest BCUT2D eigenvalue weighted by molar-refractivity contribution is -0.158. The van der Waals surface area contributed by atoms with Gasteiger partial charge in [0.05, 0.1) is 27.9 Å². The molecule has 230 valence electrons. The molecule has 1 spiro atoms. The maximum Gasteiger partial charge on any atom is 0.334 e. The van der Waals surface area contributed by atoms with Crippen molar-refractivity contribution in [1.82, 2.24) is 0 Å². The van der Waals surface area contributed by atoms with Crippen LogP contribution < -0.4 is 23.7 Å². The molecule has 0 amide bonds. The maximum atomic E-state index is 13.3. The van der Waals surface area contributed by atoms with Crippen molar-refractivity contribution in [3.63, 3.8) is 0 Å². The highest BCUT2D eigenvalue weighted by Gasteiger charge is 2.63. The number of rotatable bonds is 7. The Morgan fingerprint density at radius 2 is 1.53 bits per heavy atom. The van der Waals surface area contributed by atoms with Crippen molar-refractivity contribution in [2.75, 3.05) is 34.7 Å². The Hall–Kier alpha value is -4.38. The molecule has 3 aliphatic rings. The van der Waals surface area contributed by atoms with Gasteiger partial charge in [0.25, 0.3) is 0 Å². The van der Waals surface area contributed by atoms with Crippen molar-refractivity contribution in [1.29, 1.82) is 0 Å². The topological polar surface area (TPSA) is 132 Å². The molecule has 2 aromatic rings. The number of phenolic OH excluding ortho intramolecular Hbond substituents is 1. The van der Waals surface area contributed by atoms with Gasteiger partial charge in [0.1, 0.15) is 11.7 Å². The van der Waals surface area contributed by atoms with Crippen molar-refractivity contribution >= 4 is 11.9 Å². The third-order valence-corrected chi connectivity index (χ3v) is 8.48. The second kappa shape index (κ2) is 11.4. The first-order chi connectivity index (χ1) is 20.6. The summed E-state index contributed by atoms with van der Waals surface area (Å²) >= 11 is 0. The summed E-state index contributed by atoms with van der Waals surface area (Å²) in [7, 11) is 4.30. The molecule has 1 aliphatic carbocycles. The van der Waals surface area contributed by atoms with Crippen molar-refractivity contribution in [3.8, 4) is 45.6 Å². The lowest BCUT2D eigenvalue weighted by Crippen LogP contribution is -2.39. The predicted molar refractivity (Wildman–Crippen MR) is 154 cm³/mol. The molecular formula is C32H36O11. The largest absolute Gasteiger partial charge is 0.504 e. The molecule has 11 heteroatoms. The van der Waals surface area contributed by atoms with Gasteiger partial charge in [-0.25, -0.2) is 9.59 Å². The predicted octanol–water partition coefficient (Wildman–Crippen LogP) is 5.33. The second-order valence-corrected chi connectivity index (χ2v) is 10.6. The van der Waals surface area contributed by atoms with Gasteiger partial charge in [-0.15, -0.1) is 0 Å². The van der Waals surface area contributed by atoms with Crippen LogP contribution in [-0.2, 0) is 23.8 Å². The number of ether oxygens (including phenoxy) is 8. The molecule has 0 radical (unpaired) electrons. The molecule has 2 aliphatic heterocycles. The van der Waals surface area contributed by atoms with Gasteiger partial charge in [0.2, 0.25) is 18.3 Å². The van der Waals surface area contributed by atoms with Gasteiger partial charge >= 0.3 is 11.9 Å². The quantitative estimate of drug-likeness (QED) is 0.253. The van der Waals surface area contributed by atoms with E-state index >= 15 is 0 Å². The van der Waals surface area contributed by atoms with E-state index in [-0.39, 0.29) is 42.0 Å². The lowest BCUT2D eigenvalue weighted by Gasteiger charge is -2.38. The summed E-state index contributed by atoms with van der Waals surface area (Å²) < 4.78 is 47.2. The van der Waals surface area contributed by atoms with Crippen LogP contribution in [0.1, 0.15) is 58.0 Å². The Labute approximate surface area is 249 Å². The third-order valence-electron chi connectivity index (χ3n) is 8.48. The van der Waals surface area contributed by atoms with Crippen LogP contribution in [0.15, 0.2) is 35.4 Å². The minimum Gasteiger partial charge on any atom is -0.504 e. The molecule has 1 N–H and O–H groups in total. The zero-order chi connectivity index (χ0) is 31.2. The van der Waals surface area contributed by atoms with Crippen molar-refractivity contribution in [2.45, 2.75) is 52.4 Å². The first-order valence-electron chi connectivity index (χ1n) is 13.9. The lowest BCUT2D eigenvalue weighted by atomic mass is 9.73. The van der Waals surface area contributed by atoms with E-state index in [1.54, 1.807) is 52.0 Å². The standard InChI is InChI=1S/C32H36O11/c1-9-15(3)30(34)42-25-17(5)32(13-41-32)29(43-31(35)16(4)10-2)19-12-20(36-6)26(37-7)24(33)22(19)23-18(25)11-21-27(28(23)38-8)40-14-39-21/h9-12,17,25,29,33H,13-14H2,1-8H3/b15-9+,16-10+/t17-,25+,29-,32+/m0/s1. The number of fused-ring (bicyclic) bond motifs is 4. The van der Waals surface area contributed by atoms with Crippen LogP contribution in [0, 0.1) is 5.92 Å². The van der Waals surface area contributed by atoms with E-state index in [0.717, 1.165) is 0 Å². The van der Waals surface area contributed by atoms with Crippen LogP contribution in [0.4, 0.5) is 0 Å². The van der Waals surface area contributed by atoms with E-state index < -0.39 is 35.7 Å². The molecule has 5 rings (SSSR count). The van der Waals surface area contributed by atoms with Crippen LogP contribution in [-0.4, -0.2) is 57.4 Å². The number of benzene rings is 2. The highest BCUT2D eigenvalue weighted by atomic mass is 16.7. The molecular weight excluding hydrogens is 560 g/mol. The van der Waals surface area contributed by atoms with Gasteiger partial charge < -0.3 is 43.0 Å². The molecule has 43 heavy (non-hydrogen) atoms. The van der Waals surface area contributed by atoms with Crippen LogP contribution in [0.5, 0.6) is 34.5 Å². The van der Waals surface area contributed by atoms with E-state index in [4.69, 9.17) is 37.9 Å². The summed E-state index contributed by atoms with van der Waals surface area (Å²) in [5.74, 6) is -0.840. The minimum atomic E-state index is -1.14. The third kappa shape index (κ3) is 4.71. The molecule has 0 unspecified atom stereocenters. The van der Waals surface area contributed by atoms with Gasteiger partial charge in [0, 0.05) is 39.3 Å². The Balaban J connectivity index is 1.92. The van der Waals surface area contributed by atoms with Crippen LogP contribution >= 0.6 is 0 Å². The van der Waals surface area contributed by atoms with Gasteiger partial charge in [-0.1, -0.05) is 19.1 Å². The molecule has 0 saturated carbocycles. The average Bonchev–Trinajstić information content (AvgIpc) is 3.69. The Kier molecular flexibility index (Phi) is 7.95. The monoisotopic (exact) mass is 596 g/mol. The summed E-state index contributed by atoms with van der Waals surface area (Å²) in [6, 6.07) is 3.36. The SMILES string of the molecule is C/C=C(\C)C(=O)O[C@H]1c2cc3c(c(OC)c2-c2c(cc(OC)c(OC)c2O)[C@H](OC(=O)/C(C)=C/C)[C@@]2(CO2)[C@H]1C)OCO3. The van der Waals surface area contributed by atoms with E-state index in [9.17, 15) is 14.7 Å². The molecule has 4 atom stereocenters. The van der Waals surface area contributed by atoms with E-state index in [0.29, 0.717) is 39.3 Å². The summed E-state index contributed by atoms with van der Waals surface area (Å²) in [5, 5.41) is 11.9. The summed E-state index contributed by atoms with van der Waals surface area (Å²) in [6.45, 7) is 8.76. The van der Waals surface area contributed by atoms with Crippen LogP contribution in [0.2, 0.25) is 0 Å². The normalized spacial score (nSPS) is 23.9. The zero-order valence-electron chi connectivity index (χ0n) is 25.5. The molecule has 1 saturated heterocycles. The number of esters is 2.